The Kier molecular flexibility index (Phi) is 3.93. The van der Waals surface area contributed by atoms with E-state index in [4.69, 9.17) is 0 Å². The van der Waals surface area contributed by atoms with Crippen LogP contribution in [0.2, 0.25) is 0 Å². The molecule has 0 atom stereocenters. The first-order chi connectivity index (χ1) is 12.2. The standard InChI is InChI=1S/C19H17FN4O/c20-16-4-1-5-17(11-16)24-18-15(3-2-8-22-18)13-23(19(24)25)12-14-6-9-21-10-7-14/h1-7,9-11,22H,8,12-13H2. The van der Waals surface area contributed by atoms with E-state index in [0.29, 0.717) is 25.3 Å². The fourth-order valence-electron chi connectivity index (χ4n) is 3.10. The van der Waals surface area contributed by atoms with Crippen LogP contribution in [0.25, 0.3) is 0 Å². The van der Waals surface area contributed by atoms with Crippen molar-refractivity contribution in [3.63, 3.8) is 0 Å². The smallest absolute Gasteiger partial charge is 0.330 e. The monoisotopic (exact) mass is 336 g/mol. The molecule has 0 aliphatic carbocycles. The highest BCUT2D eigenvalue weighted by atomic mass is 19.1. The summed E-state index contributed by atoms with van der Waals surface area (Å²) in [5, 5.41) is 3.24. The van der Waals surface area contributed by atoms with Gasteiger partial charge in [-0.05, 0) is 35.9 Å². The van der Waals surface area contributed by atoms with Crippen molar-refractivity contribution < 1.29 is 9.18 Å². The van der Waals surface area contributed by atoms with Gasteiger partial charge in [0.1, 0.15) is 11.6 Å². The van der Waals surface area contributed by atoms with Gasteiger partial charge in [0.05, 0.1) is 12.2 Å². The molecule has 2 aliphatic heterocycles. The Balaban J connectivity index is 1.72. The second-order valence-electron chi connectivity index (χ2n) is 5.97. The Morgan fingerprint density at radius 1 is 1.20 bits per heavy atom. The van der Waals surface area contributed by atoms with E-state index in [-0.39, 0.29) is 11.8 Å². The molecule has 0 radical (unpaired) electrons. The number of nitrogens with zero attached hydrogens (tertiary/aromatic N) is 3. The number of carbonyl (C=O) groups is 1. The van der Waals surface area contributed by atoms with Crippen molar-refractivity contribution in [2.24, 2.45) is 0 Å². The van der Waals surface area contributed by atoms with Crippen LogP contribution in [-0.4, -0.2) is 29.0 Å². The molecule has 3 heterocycles. The van der Waals surface area contributed by atoms with Gasteiger partial charge in [0.25, 0.3) is 0 Å². The van der Waals surface area contributed by atoms with Crippen LogP contribution in [0, 0.1) is 5.82 Å². The van der Waals surface area contributed by atoms with E-state index in [1.807, 2.05) is 24.3 Å². The first kappa shape index (κ1) is 15.4. The van der Waals surface area contributed by atoms with Crippen molar-refractivity contribution in [3.05, 3.63) is 83.7 Å². The van der Waals surface area contributed by atoms with Gasteiger partial charge in [0.2, 0.25) is 0 Å². The number of anilines is 1. The van der Waals surface area contributed by atoms with Gasteiger partial charge in [-0.15, -0.1) is 0 Å². The molecule has 1 N–H and O–H groups in total. The van der Waals surface area contributed by atoms with Crippen LogP contribution in [0.3, 0.4) is 0 Å². The zero-order valence-corrected chi connectivity index (χ0v) is 13.5. The van der Waals surface area contributed by atoms with Crippen LogP contribution in [-0.2, 0) is 6.54 Å². The molecule has 2 amide bonds. The number of rotatable bonds is 3. The molecule has 4 rings (SSSR count). The van der Waals surface area contributed by atoms with Crippen molar-refractivity contribution in [1.82, 2.24) is 15.2 Å². The molecule has 0 bridgehead atoms. The first-order valence-corrected chi connectivity index (χ1v) is 8.09. The van der Waals surface area contributed by atoms with E-state index in [1.165, 1.54) is 12.1 Å². The summed E-state index contributed by atoms with van der Waals surface area (Å²) in [4.78, 5) is 20.4. The fraction of sp³-hybridized carbons (Fsp3) is 0.158. The fourth-order valence-corrected chi connectivity index (χ4v) is 3.10. The molecule has 0 unspecified atom stereocenters. The minimum Gasteiger partial charge on any atom is -0.367 e. The molecule has 126 valence electrons. The molecule has 6 heteroatoms. The van der Waals surface area contributed by atoms with Crippen LogP contribution >= 0.6 is 0 Å². The largest absolute Gasteiger partial charge is 0.367 e. The maximum absolute atomic E-state index is 13.7. The number of halogens is 1. The molecule has 0 fully saturated rings. The van der Waals surface area contributed by atoms with Crippen LogP contribution in [0.15, 0.2) is 72.3 Å². The molecule has 0 saturated carbocycles. The summed E-state index contributed by atoms with van der Waals surface area (Å²) >= 11 is 0. The van der Waals surface area contributed by atoms with Gasteiger partial charge in [-0.25, -0.2) is 14.1 Å². The number of hydrogen-bond donors (Lipinski definition) is 1. The molecule has 1 aromatic carbocycles. The average molecular weight is 336 g/mol. The number of pyridine rings is 1. The molecule has 0 spiro atoms. The third-order valence-electron chi connectivity index (χ3n) is 4.25. The Labute approximate surface area is 145 Å². The van der Waals surface area contributed by atoms with Gasteiger partial charge in [-0.3, -0.25) is 4.98 Å². The van der Waals surface area contributed by atoms with E-state index >= 15 is 0 Å². The summed E-state index contributed by atoms with van der Waals surface area (Å²) in [5.41, 5.74) is 2.52. The van der Waals surface area contributed by atoms with Crippen LogP contribution in [0.1, 0.15) is 5.56 Å². The number of carbonyl (C=O) groups excluding carboxylic acids is 1. The highest BCUT2D eigenvalue weighted by Crippen LogP contribution is 2.29. The number of dihydropyridines is 1. The number of amides is 2. The third kappa shape index (κ3) is 2.98. The number of aromatic nitrogens is 1. The van der Waals surface area contributed by atoms with Gasteiger partial charge in [0, 0.05) is 31.1 Å². The molecule has 0 saturated heterocycles. The maximum atomic E-state index is 13.7. The molecule has 2 aromatic rings. The Morgan fingerprint density at radius 2 is 2.04 bits per heavy atom. The SMILES string of the molecule is O=C1N(Cc2ccncc2)CC2=C(NCC=C2)N1c1cccc(F)c1. The first-order valence-electron chi connectivity index (χ1n) is 8.09. The van der Waals surface area contributed by atoms with Crippen molar-refractivity contribution in [2.75, 3.05) is 18.0 Å². The lowest BCUT2D eigenvalue weighted by atomic mass is 10.1. The van der Waals surface area contributed by atoms with E-state index in [1.54, 1.807) is 34.3 Å². The van der Waals surface area contributed by atoms with Gasteiger partial charge in [-0.2, -0.15) is 0 Å². The molecule has 25 heavy (non-hydrogen) atoms. The Morgan fingerprint density at radius 3 is 2.84 bits per heavy atom. The van der Waals surface area contributed by atoms with Gasteiger partial charge in [0.15, 0.2) is 0 Å². The molecule has 2 aliphatic rings. The minimum absolute atomic E-state index is 0.177. The lowest BCUT2D eigenvalue weighted by Gasteiger charge is -2.39. The van der Waals surface area contributed by atoms with Crippen molar-refractivity contribution in [2.45, 2.75) is 6.54 Å². The lowest BCUT2D eigenvalue weighted by Crippen LogP contribution is -2.51. The van der Waals surface area contributed by atoms with E-state index < -0.39 is 0 Å². The predicted molar refractivity (Wildman–Crippen MR) is 93.1 cm³/mol. The van der Waals surface area contributed by atoms with E-state index in [0.717, 1.165) is 17.0 Å². The maximum Gasteiger partial charge on any atom is 0.330 e. The van der Waals surface area contributed by atoms with Crippen LogP contribution in [0.4, 0.5) is 14.9 Å². The van der Waals surface area contributed by atoms with Crippen molar-refractivity contribution >= 4 is 11.7 Å². The number of urea groups is 1. The second-order valence-corrected chi connectivity index (χ2v) is 5.97. The molecule has 5 nitrogen and oxygen atoms in total. The molecular formula is C19H17FN4O. The summed E-state index contributed by atoms with van der Waals surface area (Å²) in [6, 6.07) is 9.69. The van der Waals surface area contributed by atoms with Crippen molar-refractivity contribution in [1.29, 1.82) is 0 Å². The van der Waals surface area contributed by atoms with Crippen LogP contribution < -0.4 is 10.2 Å². The zero-order chi connectivity index (χ0) is 17.2. The highest BCUT2D eigenvalue weighted by Gasteiger charge is 2.33. The summed E-state index contributed by atoms with van der Waals surface area (Å²) in [6.45, 7) is 1.62. The minimum atomic E-state index is -0.370. The number of benzene rings is 1. The topological polar surface area (TPSA) is 48.5 Å². The van der Waals surface area contributed by atoms with Crippen LogP contribution in [0.5, 0.6) is 0 Å². The summed E-state index contributed by atoms with van der Waals surface area (Å²) in [6.07, 6.45) is 7.45. The van der Waals surface area contributed by atoms with E-state index in [9.17, 15) is 9.18 Å². The summed E-state index contributed by atoms with van der Waals surface area (Å²) < 4.78 is 13.7. The highest BCUT2D eigenvalue weighted by molar-refractivity contribution is 5.97. The Bertz CT molecular complexity index is 863. The van der Waals surface area contributed by atoms with Gasteiger partial charge >= 0.3 is 6.03 Å². The zero-order valence-electron chi connectivity index (χ0n) is 13.5. The summed E-state index contributed by atoms with van der Waals surface area (Å²) in [7, 11) is 0. The van der Waals surface area contributed by atoms with Crippen molar-refractivity contribution in [3.8, 4) is 0 Å². The Hall–Kier alpha value is -3.15. The summed E-state index contributed by atoms with van der Waals surface area (Å²) in [5.74, 6) is 0.356. The molecule has 1 aromatic heterocycles. The quantitative estimate of drug-likeness (QED) is 0.937. The van der Waals surface area contributed by atoms with E-state index in [2.05, 4.69) is 10.3 Å². The second kappa shape index (κ2) is 6.39. The number of nitrogens with one attached hydrogen (secondary N) is 1. The van der Waals surface area contributed by atoms with Gasteiger partial charge < -0.3 is 10.2 Å². The van der Waals surface area contributed by atoms with Gasteiger partial charge in [-0.1, -0.05) is 18.2 Å². The predicted octanol–water partition coefficient (Wildman–Crippen LogP) is 3.03. The molecular weight excluding hydrogens is 319 g/mol. The lowest BCUT2D eigenvalue weighted by molar-refractivity contribution is 0.204. The average Bonchev–Trinajstić information content (AvgIpc) is 2.63. The third-order valence-corrected chi connectivity index (χ3v) is 4.25. The number of hydrogen-bond acceptors (Lipinski definition) is 3. The normalized spacial score (nSPS) is 16.8.